The van der Waals surface area contributed by atoms with Gasteiger partial charge in [0.1, 0.15) is 18.4 Å². The largest absolute Gasteiger partial charge is 0.489 e. The summed E-state index contributed by atoms with van der Waals surface area (Å²) in [6.45, 7) is 3.76. The average Bonchev–Trinajstić information content (AvgIpc) is 2.75. The summed E-state index contributed by atoms with van der Waals surface area (Å²) in [6, 6.07) is 15.4. The Bertz CT molecular complexity index is 823. The Morgan fingerprint density at radius 1 is 1.00 bits per heavy atom. The van der Waals surface area contributed by atoms with E-state index in [1.165, 1.54) is 0 Å². The van der Waals surface area contributed by atoms with Crippen molar-refractivity contribution >= 4 is 17.8 Å². The number of para-hydroxylation sites is 1. The van der Waals surface area contributed by atoms with Crippen molar-refractivity contribution in [1.82, 2.24) is 10.6 Å². The van der Waals surface area contributed by atoms with Crippen LogP contribution in [0.5, 0.6) is 5.75 Å². The molecule has 7 nitrogen and oxygen atoms in total. The molecule has 2 aromatic rings. The van der Waals surface area contributed by atoms with Crippen LogP contribution in [0, 0.1) is 0 Å². The second-order valence-corrected chi connectivity index (χ2v) is 6.42. The molecule has 154 valence electrons. The first-order chi connectivity index (χ1) is 14.0. The molecule has 29 heavy (non-hydrogen) atoms. The number of nitrogens with one attached hydrogen (secondary N) is 2. The van der Waals surface area contributed by atoms with E-state index < -0.39 is 24.5 Å². The second-order valence-electron chi connectivity index (χ2n) is 6.42. The molecule has 0 spiro atoms. The Morgan fingerprint density at radius 2 is 1.69 bits per heavy atom. The summed E-state index contributed by atoms with van der Waals surface area (Å²) in [4.78, 5) is 36.2. The molecule has 0 aliphatic heterocycles. The van der Waals surface area contributed by atoms with Gasteiger partial charge in [-0.15, -0.1) is 0 Å². The smallest absolute Gasteiger partial charge is 0.339 e. The Morgan fingerprint density at radius 3 is 2.41 bits per heavy atom. The van der Waals surface area contributed by atoms with Crippen molar-refractivity contribution in [2.24, 2.45) is 0 Å². The van der Waals surface area contributed by atoms with Gasteiger partial charge in [-0.1, -0.05) is 43.3 Å². The normalized spacial score (nSPS) is 11.2. The third-order valence-corrected chi connectivity index (χ3v) is 4.03. The van der Waals surface area contributed by atoms with Gasteiger partial charge in [0.15, 0.2) is 6.61 Å². The topological polar surface area (TPSA) is 93.7 Å². The molecule has 2 amide bonds. The minimum atomic E-state index is -0.709. The quantitative estimate of drug-likeness (QED) is 0.600. The van der Waals surface area contributed by atoms with Gasteiger partial charge in [-0.05, 0) is 31.5 Å². The van der Waals surface area contributed by atoms with E-state index in [-0.39, 0.29) is 12.5 Å². The van der Waals surface area contributed by atoms with E-state index in [2.05, 4.69) is 10.6 Å². The molecule has 7 heteroatoms. The minimum Gasteiger partial charge on any atom is -0.489 e. The lowest BCUT2D eigenvalue weighted by molar-refractivity contribution is -0.130. The highest BCUT2D eigenvalue weighted by molar-refractivity contribution is 5.93. The number of benzene rings is 2. The van der Waals surface area contributed by atoms with Gasteiger partial charge >= 0.3 is 5.97 Å². The van der Waals surface area contributed by atoms with Gasteiger partial charge in [0.25, 0.3) is 5.91 Å². The molecule has 0 saturated heterocycles. The average molecular weight is 398 g/mol. The fourth-order valence-electron chi connectivity index (χ4n) is 2.48. The van der Waals surface area contributed by atoms with E-state index in [9.17, 15) is 14.4 Å². The van der Waals surface area contributed by atoms with Crippen LogP contribution in [0.15, 0.2) is 54.6 Å². The Labute approximate surface area is 170 Å². The molecule has 0 fully saturated rings. The zero-order chi connectivity index (χ0) is 21.1. The molecule has 1 atom stereocenters. The molecule has 0 bridgehead atoms. The van der Waals surface area contributed by atoms with Crippen LogP contribution in [0.3, 0.4) is 0 Å². The van der Waals surface area contributed by atoms with Crippen LogP contribution >= 0.6 is 0 Å². The number of esters is 1. The number of rotatable bonds is 10. The maximum Gasteiger partial charge on any atom is 0.339 e. The van der Waals surface area contributed by atoms with Crippen LogP contribution in [0.25, 0.3) is 0 Å². The van der Waals surface area contributed by atoms with E-state index in [1.54, 1.807) is 31.2 Å². The van der Waals surface area contributed by atoms with Crippen molar-refractivity contribution in [3.8, 4) is 5.75 Å². The van der Waals surface area contributed by atoms with Crippen LogP contribution in [0.2, 0.25) is 0 Å². The molecule has 0 aliphatic rings. The fourth-order valence-corrected chi connectivity index (χ4v) is 2.48. The van der Waals surface area contributed by atoms with Gasteiger partial charge in [-0.2, -0.15) is 0 Å². The van der Waals surface area contributed by atoms with E-state index in [1.807, 2.05) is 37.3 Å². The third-order valence-electron chi connectivity index (χ3n) is 4.03. The maximum atomic E-state index is 12.4. The lowest BCUT2D eigenvalue weighted by Gasteiger charge is -2.14. The summed E-state index contributed by atoms with van der Waals surface area (Å²) in [5, 5.41) is 5.19. The van der Waals surface area contributed by atoms with Gasteiger partial charge in [0.05, 0.1) is 5.56 Å². The molecule has 0 unspecified atom stereocenters. The fraction of sp³-hybridized carbons (Fsp3) is 0.318. The summed E-state index contributed by atoms with van der Waals surface area (Å²) >= 11 is 0. The van der Waals surface area contributed by atoms with E-state index in [0.29, 0.717) is 23.4 Å². The zero-order valence-electron chi connectivity index (χ0n) is 16.6. The molecular weight excluding hydrogens is 372 g/mol. The van der Waals surface area contributed by atoms with Gasteiger partial charge in [-0.25, -0.2) is 4.79 Å². The maximum absolute atomic E-state index is 12.4. The lowest BCUT2D eigenvalue weighted by atomic mass is 10.1. The van der Waals surface area contributed by atoms with Crippen LogP contribution in [0.4, 0.5) is 0 Å². The summed E-state index contributed by atoms with van der Waals surface area (Å²) in [7, 11) is 0. The number of ether oxygens (including phenoxy) is 2. The highest BCUT2D eigenvalue weighted by atomic mass is 16.5. The first-order valence-electron chi connectivity index (χ1n) is 9.51. The molecule has 0 aliphatic carbocycles. The Kier molecular flexibility index (Phi) is 8.69. The molecule has 0 saturated carbocycles. The van der Waals surface area contributed by atoms with Crippen LogP contribution in [0.1, 0.15) is 36.2 Å². The van der Waals surface area contributed by atoms with Crippen molar-refractivity contribution in [2.45, 2.75) is 32.9 Å². The predicted octanol–water partition coefficient (Wildman–Crippen LogP) is 2.45. The predicted molar refractivity (Wildman–Crippen MR) is 108 cm³/mol. The SMILES string of the molecule is CCCNC(=O)[C@H](C)NC(=O)COC(=O)c1ccccc1COc1ccccc1. The molecule has 0 heterocycles. The third kappa shape index (κ3) is 7.29. The first-order valence-corrected chi connectivity index (χ1v) is 9.51. The van der Waals surface area contributed by atoms with Crippen molar-refractivity contribution in [3.63, 3.8) is 0 Å². The van der Waals surface area contributed by atoms with Crippen molar-refractivity contribution in [2.75, 3.05) is 13.2 Å². The van der Waals surface area contributed by atoms with Crippen molar-refractivity contribution in [3.05, 3.63) is 65.7 Å². The first kappa shape index (κ1) is 21.9. The van der Waals surface area contributed by atoms with Gasteiger partial charge in [0, 0.05) is 12.1 Å². The number of amides is 2. The summed E-state index contributed by atoms with van der Waals surface area (Å²) in [5.41, 5.74) is 0.971. The standard InChI is InChI=1S/C22H26N2O5/c1-3-13-23-21(26)16(2)24-20(25)15-29-22(27)19-12-8-7-9-17(19)14-28-18-10-5-4-6-11-18/h4-12,16H,3,13-15H2,1-2H3,(H,23,26)(H,24,25)/t16-/m0/s1. The number of hydrogen-bond donors (Lipinski definition) is 2. The summed E-state index contributed by atoms with van der Waals surface area (Å²) < 4.78 is 10.8. The molecule has 2 N–H and O–H groups in total. The van der Waals surface area contributed by atoms with E-state index >= 15 is 0 Å². The summed E-state index contributed by atoms with van der Waals surface area (Å²) in [6.07, 6.45) is 0.803. The highest BCUT2D eigenvalue weighted by Crippen LogP contribution is 2.15. The number of carbonyl (C=O) groups is 3. The number of hydrogen-bond acceptors (Lipinski definition) is 5. The minimum absolute atomic E-state index is 0.191. The summed E-state index contributed by atoms with van der Waals surface area (Å²) in [5.74, 6) is -0.772. The second kappa shape index (κ2) is 11.5. The van der Waals surface area contributed by atoms with E-state index in [0.717, 1.165) is 6.42 Å². The van der Waals surface area contributed by atoms with Crippen molar-refractivity contribution < 1.29 is 23.9 Å². The molecule has 0 aromatic heterocycles. The van der Waals surface area contributed by atoms with Crippen molar-refractivity contribution in [1.29, 1.82) is 0 Å². The Hall–Kier alpha value is -3.35. The van der Waals surface area contributed by atoms with Crippen LogP contribution in [-0.2, 0) is 20.9 Å². The van der Waals surface area contributed by atoms with Crippen LogP contribution in [-0.4, -0.2) is 37.0 Å². The lowest BCUT2D eigenvalue weighted by Crippen LogP contribution is -2.46. The highest BCUT2D eigenvalue weighted by Gasteiger charge is 2.18. The van der Waals surface area contributed by atoms with Gasteiger partial charge in [0.2, 0.25) is 5.91 Å². The molecule has 2 rings (SSSR count). The van der Waals surface area contributed by atoms with Crippen LogP contribution < -0.4 is 15.4 Å². The Balaban J connectivity index is 1.87. The molecule has 0 radical (unpaired) electrons. The zero-order valence-corrected chi connectivity index (χ0v) is 16.6. The van der Waals surface area contributed by atoms with Gasteiger partial charge < -0.3 is 20.1 Å². The number of carbonyl (C=O) groups excluding carboxylic acids is 3. The van der Waals surface area contributed by atoms with E-state index in [4.69, 9.17) is 9.47 Å². The van der Waals surface area contributed by atoms with Gasteiger partial charge in [-0.3, -0.25) is 9.59 Å². The monoisotopic (exact) mass is 398 g/mol. The molecule has 2 aromatic carbocycles. The molecular formula is C22H26N2O5.